The van der Waals surface area contributed by atoms with E-state index in [9.17, 15) is 14.7 Å². The van der Waals surface area contributed by atoms with Gasteiger partial charge in [-0.25, -0.2) is 4.98 Å². The lowest BCUT2D eigenvalue weighted by atomic mass is 9.96. The largest absolute Gasteiger partial charge is 0.508 e. The summed E-state index contributed by atoms with van der Waals surface area (Å²) in [6, 6.07) is 10.1. The molecule has 1 aliphatic rings. The Hall–Kier alpha value is -3.26. The Labute approximate surface area is 178 Å². The van der Waals surface area contributed by atoms with Crippen LogP contribution in [0.25, 0.3) is 10.6 Å². The van der Waals surface area contributed by atoms with Crippen molar-refractivity contribution >= 4 is 28.8 Å². The molecule has 0 radical (unpaired) electrons. The maximum Gasteiger partial charge on any atom is 0.265 e. The molecule has 0 spiro atoms. The summed E-state index contributed by atoms with van der Waals surface area (Å²) in [5.74, 6) is -0.326. The third kappa shape index (κ3) is 4.33. The molecule has 1 atom stereocenters. The maximum absolute atomic E-state index is 13.2. The maximum atomic E-state index is 13.2. The van der Waals surface area contributed by atoms with E-state index >= 15 is 0 Å². The molecular weight excluding hydrogens is 400 g/mol. The van der Waals surface area contributed by atoms with Crippen LogP contribution in [0, 0.1) is 12.8 Å². The van der Waals surface area contributed by atoms with Crippen LogP contribution in [0.2, 0.25) is 0 Å². The molecule has 3 heterocycles. The number of anilines is 1. The first-order valence-corrected chi connectivity index (χ1v) is 10.6. The number of benzene rings is 1. The van der Waals surface area contributed by atoms with E-state index in [4.69, 9.17) is 0 Å². The Morgan fingerprint density at radius 1 is 1.23 bits per heavy atom. The number of rotatable bonds is 4. The summed E-state index contributed by atoms with van der Waals surface area (Å²) in [6.45, 7) is 2.84. The van der Waals surface area contributed by atoms with Gasteiger partial charge in [0.05, 0.1) is 11.6 Å². The SMILES string of the molecule is Cc1nc(-c2cccnc2)sc1C(=O)N1CCCC(C(=O)Nc2ccc(O)cc2)C1. The number of aryl methyl sites for hydroxylation is 1. The number of pyridine rings is 1. The summed E-state index contributed by atoms with van der Waals surface area (Å²) in [5, 5.41) is 13.0. The lowest BCUT2D eigenvalue weighted by Crippen LogP contribution is -2.43. The topological polar surface area (TPSA) is 95.4 Å². The number of carbonyl (C=O) groups is 2. The van der Waals surface area contributed by atoms with Crippen LogP contribution in [-0.2, 0) is 4.79 Å². The van der Waals surface area contributed by atoms with E-state index in [0.29, 0.717) is 29.3 Å². The standard InChI is InChI=1S/C22H22N4O3S/c1-14-19(30-21(24-14)15-4-2-10-23-12-15)22(29)26-11-3-5-16(13-26)20(28)25-17-6-8-18(27)9-7-17/h2,4,6-10,12,16,27H,3,5,11,13H2,1H3,(H,25,28). The predicted octanol–water partition coefficient (Wildman–Crippen LogP) is 3.71. The highest BCUT2D eigenvalue weighted by Crippen LogP contribution is 2.30. The van der Waals surface area contributed by atoms with E-state index in [0.717, 1.165) is 23.4 Å². The van der Waals surface area contributed by atoms with Gasteiger partial charge >= 0.3 is 0 Å². The van der Waals surface area contributed by atoms with Crippen molar-refractivity contribution in [2.24, 2.45) is 5.92 Å². The van der Waals surface area contributed by atoms with Gasteiger partial charge < -0.3 is 15.3 Å². The van der Waals surface area contributed by atoms with Gasteiger partial charge in [-0.05, 0) is 56.2 Å². The fourth-order valence-corrected chi connectivity index (χ4v) is 4.54. The first-order chi connectivity index (χ1) is 14.5. The molecule has 1 fully saturated rings. The number of hydrogen-bond acceptors (Lipinski definition) is 6. The predicted molar refractivity (Wildman–Crippen MR) is 115 cm³/mol. The smallest absolute Gasteiger partial charge is 0.265 e. The van der Waals surface area contributed by atoms with Crippen LogP contribution in [0.3, 0.4) is 0 Å². The molecule has 1 unspecified atom stereocenters. The van der Waals surface area contributed by atoms with Gasteiger partial charge in [-0.1, -0.05) is 0 Å². The molecule has 0 saturated carbocycles. The number of carbonyl (C=O) groups excluding carboxylic acids is 2. The van der Waals surface area contributed by atoms with Crippen LogP contribution >= 0.6 is 11.3 Å². The zero-order chi connectivity index (χ0) is 21.1. The highest BCUT2D eigenvalue weighted by molar-refractivity contribution is 7.17. The van der Waals surface area contributed by atoms with Gasteiger partial charge in [0.15, 0.2) is 0 Å². The summed E-state index contributed by atoms with van der Waals surface area (Å²) < 4.78 is 0. The second-order valence-electron chi connectivity index (χ2n) is 7.30. The molecule has 3 aromatic rings. The van der Waals surface area contributed by atoms with Gasteiger partial charge in [-0.15, -0.1) is 11.3 Å². The number of aromatic nitrogens is 2. The van der Waals surface area contributed by atoms with Crippen molar-refractivity contribution in [1.82, 2.24) is 14.9 Å². The van der Waals surface area contributed by atoms with Gasteiger partial charge in [0.1, 0.15) is 15.6 Å². The number of thiazole rings is 1. The second-order valence-corrected chi connectivity index (χ2v) is 8.30. The van der Waals surface area contributed by atoms with Crippen LogP contribution in [0.15, 0.2) is 48.8 Å². The monoisotopic (exact) mass is 422 g/mol. The number of nitrogens with one attached hydrogen (secondary N) is 1. The second kappa shape index (κ2) is 8.62. The van der Waals surface area contributed by atoms with Gasteiger partial charge in [-0.3, -0.25) is 14.6 Å². The third-order valence-corrected chi connectivity index (χ3v) is 6.31. The van der Waals surface area contributed by atoms with Crippen LogP contribution in [-0.4, -0.2) is 44.9 Å². The van der Waals surface area contributed by atoms with E-state index in [1.807, 2.05) is 19.1 Å². The summed E-state index contributed by atoms with van der Waals surface area (Å²) >= 11 is 1.36. The molecule has 4 rings (SSSR count). The minimum Gasteiger partial charge on any atom is -0.508 e. The molecule has 0 bridgehead atoms. The minimum atomic E-state index is -0.275. The van der Waals surface area contributed by atoms with Gasteiger partial charge in [0.2, 0.25) is 5.91 Å². The Morgan fingerprint density at radius 3 is 2.77 bits per heavy atom. The van der Waals surface area contributed by atoms with Crippen molar-refractivity contribution in [3.63, 3.8) is 0 Å². The van der Waals surface area contributed by atoms with Crippen molar-refractivity contribution in [3.05, 3.63) is 59.4 Å². The van der Waals surface area contributed by atoms with Crippen LogP contribution in [0.4, 0.5) is 5.69 Å². The lowest BCUT2D eigenvalue weighted by Gasteiger charge is -2.31. The normalized spacial score (nSPS) is 16.3. The highest BCUT2D eigenvalue weighted by atomic mass is 32.1. The molecule has 30 heavy (non-hydrogen) atoms. The van der Waals surface area contributed by atoms with Crippen molar-refractivity contribution in [1.29, 1.82) is 0 Å². The zero-order valence-corrected chi connectivity index (χ0v) is 17.4. The number of phenolic OH excluding ortho intramolecular Hbond substituents is 1. The molecule has 1 aliphatic heterocycles. The number of amides is 2. The zero-order valence-electron chi connectivity index (χ0n) is 16.5. The molecular formula is C22H22N4O3S. The van der Waals surface area contributed by atoms with Crippen molar-refractivity contribution in [3.8, 4) is 16.3 Å². The van der Waals surface area contributed by atoms with Crippen LogP contribution in [0.5, 0.6) is 5.75 Å². The molecule has 2 amide bonds. The molecule has 154 valence electrons. The van der Waals surface area contributed by atoms with E-state index in [2.05, 4.69) is 15.3 Å². The van der Waals surface area contributed by atoms with Crippen molar-refractivity contribution in [2.75, 3.05) is 18.4 Å². The average Bonchev–Trinajstić information content (AvgIpc) is 3.17. The number of aromatic hydroxyl groups is 1. The number of hydrogen-bond donors (Lipinski definition) is 2. The Morgan fingerprint density at radius 2 is 2.03 bits per heavy atom. The first kappa shape index (κ1) is 20.0. The van der Waals surface area contributed by atoms with Gasteiger partial charge in [-0.2, -0.15) is 0 Å². The number of phenols is 1. The van der Waals surface area contributed by atoms with E-state index in [-0.39, 0.29) is 23.5 Å². The molecule has 0 aliphatic carbocycles. The average molecular weight is 423 g/mol. The fraction of sp³-hybridized carbons (Fsp3) is 0.273. The third-order valence-electron chi connectivity index (χ3n) is 5.11. The minimum absolute atomic E-state index is 0.0812. The molecule has 1 aromatic carbocycles. The molecule has 7 nitrogen and oxygen atoms in total. The summed E-state index contributed by atoms with van der Waals surface area (Å²) in [7, 11) is 0. The Kier molecular flexibility index (Phi) is 5.76. The number of nitrogens with zero attached hydrogens (tertiary/aromatic N) is 3. The van der Waals surface area contributed by atoms with Crippen LogP contribution < -0.4 is 5.32 Å². The summed E-state index contributed by atoms with van der Waals surface area (Å²) in [6.07, 6.45) is 4.94. The molecule has 1 saturated heterocycles. The van der Waals surface area contributed by atoms with E-state index < -0.39 is 0 Å². The number of piperidine rings is 1. The molecule has 2 N–H and O–H groups in total. The molecule has 2 aromatic heterocycles. The molecule has 8 heteroatoms. The summed E-state index contributed by atoms with van der Waals surface area (Å²) in [4.78, 5) is 36.8. The van der Waals surface area contributed by atoms with Gasteiger partial charge in [0, 0.05) is 36.7 Å². The van der Waals surface area contributed by atoms with E-state index in [1.165, 1.54) is 23.5 Å². The van der Waals surface area contributed by atoms with Crippen molar-refractivity contribution < 1.29 is 14.7 Å². The first-order valence-electron chi connectivity index (χ1n) is 9.78. The quantitative estimate of drug-likeness (QED) is 0.625. The van der Waals surface area contributed by atoms with Crippen molar-refractivity contribution in [2.45, 2.75) is 19.8 Å². The Bertz CT molecular complexity index is 1050. The number of likely N-dealkylation sites (tertiary alicyclic amines) is 1. The highest BCUT2D eigenvalue weighted by Gasteiger charge is 2.30. The van der Waals surface area contributed by atoms with Gasteiger partial charge in [0.25, 0.3) is 5.91 Å². The van der Waals surface area contributed by atoms with Crippen LogP contribution in [0.1, 0.15) is 28.2 Å². The lowest BCUT2D eigenvalue weighted by molar-refractivity contribution is -0.121. The Balaban J connectivity index is 1.45. The fourth-order valence-electron chi connectivity index (χ4n) is 3.52. The summed E-state index contributed by atoms with van der Waals surface area (Å²) in [5.41, 5.74) is 2.20. The van der Waals surface area contributed by atoms with E-state index in [1.54, 1.807) is 29.4 Å².